The summed E-state index contributed by atoms with van der Waals surface area (Å²) in [7, 11) is 0. The molecule has 1 unspecified atom stereocenters. The molecule has 1 N–H and O–H groups in total. The number of aryl methyl sites for hydroxylation is 2. The number of hydrogen-bond acceptors (Lipinski definition) is 3. The van der Waals surface area contributed by atoms with Gasteiger partial charge in [-0.1, -0.05) is 0 Å². The van der Waals surface area contributed by atoms with Crippen molar-refractivity contribution in [3.05, 3.63) is 18.0 Å². The highest BCUT2D eigenvalue weighted by Gasteiger charge is 2.13. The second kappa shape index (κ2) is 5.56. The zero-order valence-corrected chi connectivity index (χ0v) is 10.1. The van der Waals surface area contributed by atoms with Gasteiger partial charge < -0.3 is 5.32 Å². The molecule has 1 fully saturated rings. The lowest BCUT2D eigenvalue weighted by Gasteiger charge is -2.10. The van der Waals surface area contributed by atoms with Crippen molar-refractivity contribution in [3.8, 4) is 0 Å². The third-order valence-electron chi connectivity index (χ3n) is 2.69. The number of nitrogens with zero attached hydrogens (tertiary/aromatic N) is 2. The lowest BCUT2D eigenvalue weighted by molar-refractivity contribution is 0.501. The molecule has 3 nitrogen and oxygen atoms in total. The van der Waals surface area contributed by atoms with E-state index in [4.69, 9.17) is 0 Å². The number of hydrogen-bond donors (Lipinski definition) is 1. The van der Waals surface area contributed by atoms with Crippen molar-refractivity contribution in [2.24, 2.45) is 0 Å². The van der Waals surface area contributed by atoms with Gasteiger partial charge in [0.15, 0.2) is 0 Å². The molecule has 84 valence electrons. The van der Waals surface area contributed by atoms with E-state index in [0.29, 0.717) is 0 Å². The summed E-state index contributed by atoms with van der Waals surface area (Å²) in [6.45, 7) is 4.22. The first-order valence-corrected chi connectivity index (χ1v) is 6.80. The van der Waals surface area contributed by atoms with Gasteiger partial charge in [-0.25, -0.2) is 0 Å². The second-order valence-electron chi connectivity index (χ2n) is 4.15. The van der Waals surface area contributed by atoms with Crippen LogP contribution < -0.4 is 5.32 Å². The first kappa shape index (κ1) is 11.0. The zero-order valence-electron chi connectivity index (χ0n) is 9.28. The first-order valence-electron chi connectivity index (χ1n) is 5.65. The van der Waals surface area contributed by atoms with E-state index in [9.17, 15) is 0 Å². The van der Waals surface area contributed by atoms with Gasteiger partial charge in [0, 0.05) is 24.5 Å². The van der Waals surface area contributed by atoms with Gasteiger partial charge in [-0.2, -0.15) is 16.9 Å². The van der Waals surface area contributed by atoms with Crippen LogP contribution in [0.4, 0.5) is 0 Å². The summed E-state index contributed by atoms with van der Waals surface area (Å²) in [5, 5.41) is 7.87. The minimum Gasteiger partial charge on any atom is -0.313 e. The van der Waals surface area contributed by atoms with Crippen LogP contribution in [0.2, 0.25) is 0 Å². The Hall–Kier alpha value is -0.480. The molecule has 0 aromatic carbocycles. The van der Waals surface area contributed by atoms with E-state index in [1.54, 1.807) is 0 Å². The largest absolute Gasteiger partial charge is 0.313 e. The third-order valence-corrected chi connectivity index (χ3v) is 3.85. The van der Waals surface area contributed by atoms with E-state index < -0.39 is 0 Å². The highest BCUT2D eigenvalue weighted by Crippen LogP contribution is 2.16. The molecule has 4 heteroatoms. The lowest BCUT2D eigenvalue weighted by atomic mass is 10.2. The Bertz CT molecular complexity index is 292. The van der Waals surface area contributed by atoms with Gasteiger partial charge in [0.05, 0.1) is 6.20 Å². The third kappa shape index (κ3) is 3.54. The summed E-state index contributed by atoms with van der Waals surface area (Å²) in [5.74, 6) is 2.62. The fourth-order valence-electron chi connectivity index (χ4n) is 1.83. The van der Waals surface area contributed by atoms with Gasteiger partial charge in [0.2, 0.25) is 0 Å². The van der Waals surface area contributed by atoms with Crippen LogP contribution in [0.5, 0.6) is 0 Å². The maximum absolute atomic E-state index is 4.27. The summed E-state index contributed by atoms with van der Waals surface area (Å²) < 4.78 is 2.03. The molecule has 15 heavy (non-hydrogen) atoms. The predicted molar refractivity (Wildman–Crippen MR) is 65.3 cm³/mol. The first-order chi connectivity index (χ1) is 7.34. The van der Waals surface area contributed by atoms with Crippen molar-refractivity contribution < 1.29 is 0 Å². The molecule has 0 bridgehead atoms. The number of nitrogens with one attached hydrogen (secondary N) is 1. The Morgan fingerprint density at radius 2 is 2.60 bits per heavy atom. The summed E-state index contributed by atoms with van der Waals surface area (Å²) >= 11 is 2.06. The predicted octanol–water partition coefficient (Wildman–Crippen LogP) is 1.68. The molecule has 2 heterocycles. The fraction of sp³-hybridized carbons (Fsp3) is 0.727. The van der Waals surface area contributed by atoms with Gasteiger partial charge in [-0.05, 0) is 37.6 Å². The van der Waals surface area contributed by atoms with Crippen LogP contribution in [0.1, 0.15) is 18.4 Å². The van der Waals surface area contributed by atoms with Crippen LogP contribution in [0, 0.1) is 6.92 Å². The smallest absolute Gasteiger partial charge is 0.0518 e. The summed E-state index contributed by atoms with van der Waals surface area (Å²) in [5.41, 5.74) is 1.25. The molecule has 1 aromatic heterocycles. The van der Waals surface area contributed by atoms with Crippen LogP contribution in [0.3, 0.4) is 0 Å². The van der Waals surface area contributed by atoms with E-state index in [1.807, 2.05) is 10.9 Å². The van der Waals surface area contributed by atoms with Crippen molar-refractivity contribution >= 4 is 11.8 Å². The van der Waals surface area contributed by atoms with Crippen LogP contribution in [-0.4, -0.2) is 33.9 Å². The van der Waals surface area contributed by atoms with E-state index >= 15 is 0 Å². The van der Waals surface area contributed by atoms with Crippen LogP contribution in [0.25, 0.3) is 0 Å². The van der Waals surface area contributed by atoms with Gasteiger partial charge >= 0.3 is 0 Å². The Kier molecular flexibility index (Phi) is 4.09. The van der Waals surface area contributed by atoms with E-state index in [-0.39, 0.29) is 0 Å². The highest BCUT2D eigenvalue weighted by molar-refractivity contribution is 7.99. The molecule has 1 saturated heterocycles. The Morgan fingerprint density at radius 3 is 3.27 bits per heavy atom. The minimum absolute atomic E-state index is 0.759. The monoisotopic (exact) mass is 225 g/mol. The van der Waals surface area contributed by atoms with Gasteiger partial charge in [0.25, 0.3) is 0 Å². The molecule has 1 aliphatic rings. The van der Waals surface area contributed by atoms with Gasteiger partial charge in [-0.3, -0.25) is 4.68 Å². The zero-order chi connectivity index (χ0) is 10.5. The topological polar surface area (TPSA) is 29.9 Å². The Morgan fingerprint density at radius 1 is 1.67 bits per heavy atom. The number of thioether (sulfide) groups is 1. The SMILES string of the molecule is Cc1cnn(CCCNC2CCSC2)c1. The van der Waals surface area contributed by atoms with E-state index in [2.05, 4.69) is 35.3 Å². The molecule has 1 aromatic rings. The van der Waals surface area contributed by atoms with Crippen LogP contribution in [0.15, 0.2) is 12.4 Å². The number of aromatic nitrogens is 2. The molecular weight excluding hydrogens is 206 g/mol. The summed E-state index contributed by atoms with van der Waals surface area (Å²) in [6.07, 6.45) is 6.53. The molecule has 1 aliphatic heterocycles. The lowest BCUT2D eigenvalue weighted by Crippen LogP contribution is -2.30. The van der Waals surface area contributed by atoms with Gasteiger partial charge in [-0.15, -0.1) is 0 Å². The molecule has 2 rings (SSSR count). The average molecular weight is 225 g/mol. The quantitative estimate of drug-likeness (QED) is 0.773. The molecule has 0 saturated carbocycles. The molecular formula is C11H19N3S. The molecule has 0 aliphatic carbocycles. The summed E-state index contributed by atoms with van der Waals surface area (Å²) in [6, 6.07) is 0.759. The highest BCUT2D eigenvalue weighted by atomic mass is 32.2. The van der Waals surface area contributed by atoms with E-state index in [1.165, 1.54) is 29.9 Å². The van der Waals surface area contributed by atoms with Crippen molar-refractivity contribution in [2.75, 3.05) is 18.1 Å². The van der Waals surface area contributed by atoms with E-state index in [0.717, 1.165) is 19.1 Å². The maximum atomic E-state index is 4.27. The van der Waals surface area contributed by atoms with Crippen molar-refractivity contribution in [1.29, 1.82) is 0 Å². The standard InChI is InChI=1S/C11H19N3S/c1-10-7-13-14(8-10)5-2-4-12-11-3-6-15-9-11/h7-8,11-12H,2-6,9H2,1H3. The minimum atomic E-state index is 0.759. The van der Waals surface area contributed by atoms with Crippen LogP contribution in [-0.2, 0) is 6.54 Å². The molecule has 1 atom stereocenters. The summed E-state index contributed by atoms with van der Waals surface area (Å²) in [4.78, 5) is 0. The van der Waals surface area contributed by atoms with Crippen molar-refractivity contribution in [2.45, 2.75) is 32.4 Å². The second-order valence-corrected chi connectivity index (χ2v) is 5.30. The number of rotatable bonds is 5. The Balaban J connectivity index is 1.58. The maximum Gasteiger partial charge on any atom is 0.0518 e. The molecule has 0 radical (unpaired) electrons. The van der Waals surface area contributed by atoms with Crippen molar-refractivity contribution in [1.82, 2.24) is 15.1 Å². The molecule has 0 amide bonds. The normalized spacial score (nSPS) is 21.0. The molecule has 0 spiro atoms. The fourth-order valence-corrected chi connectivity index (χ4v) is 3.02. The average Bonchev–Trinajstić information content (AvgIpc) is 2.84. The van der Waals surface area contributed by atoms with Crippen LogP contribution >= 0.6 is 11.8 Å². The van der Waals surface area contributed by atoms with Gasteiger partial charge in [0.1, 0.15) is 0 Å². The van der Waals surface area contributed by atoms with Crippen molar-refractivity contribution in [3.63, 3.8) is 0 Å². The Labute approximate surface area is 95.6 Å².